The minimum absolute atomic E-state index is 0.0793. The predicted molar refractivity (Wildman–Crippen MR) is 91.6 cm³/mol. The second kappa shape index (κ2) is 7.55. The van der Waals surface area contributed by atoms with Crippen LogP contribution in [0, 0.1) is 5.82 Å². The van der Waals surface area contributed by atoms with E-state index in [2.05, 4.69) is 4.72 Å². The molecule has 1 unspecified atom stereocenters. The Bertz CT molecular complexity index is 792. The molecule has 2 aromatic rings. The number of sulfonamides is 1. The molecule has 0 saturated carbocycles. The number of amides is 1. The smallest absolute Gasteiger partial charge is 0.228 e. The summed E-state index contributed by atoms with van der Waals surface area (Å²) in [5, 5.41) is 0. The zero-order chi connectivity index (χ0) is 17.7. The number of carbonyl (C=O) groups is 1. The Labute approximate surface area is 141 Å². The molecule has 1 N–H and O–H groups in total. The Balaban J connectivity index is 2.21. The molecule has 0 spiro atoms. The summed E-state index contributed by atoms with van der Waals surface area (Å²) in [5.74, 6) is -0.684. The van der Waals surface area contributed by atoms with Gasteiger partial charge in [0, 0.05) is 19.2 Å². The molecule has 0 heterocycles. The summed E-state index contributed by atoms with van der Waals surface area (Å²) in [6, 6.07) is 13.7. The standard InChI is InChI=1S/C17H19FN2O3S/c1-20(15-6-4-3-5-7-15)17(21)12-16(19-24(2,22)23)13-8-10-14(18)11-9-13/h3-11,16,19H,12H2,1-2H3. The summed E-state index contributed by atoms with van der Waals surface area (Å²) >= 11 is 0. The number of nitrogens with zero attached hydrogens (tertiary/aromatic N) is 1. The maximum atomic E-state index is 13.1. The molecule has 0 radical (unpaired) electrons. The van der Waals surface area contributed by atoms with Crippen molar-refractivity contribution in [2.75, 3.05) is 18.2 Å². The van der Waals surface area contributed by atoms with Crippen molar-refractivity contribution < 1.29 is 17.6 Å². The lowest BCUT2D eigenvalue weighted by Crippen LogP contribution is -2.34. The first-order valence-corrected chi connectivity index (χ1v) is 9.20. The lowest BCUT2D eigenvalue weighted by atomic mass is 10.0. The van der Waals surface area contributed by atoms with Crippen molar-refractivity contribution in [2.45, 2.75) is 12.5 Å². The van der Waals surface area contributed by atoms with Gasteiger partial charge in [0.15, 0.2) is 0 Å². The Hall–Kier alpha value is -2.25. The van der Waals surface area contributed by atoms with Crippen LogP contribution in [0.15, 0.2) is 54.6 Å². The molecule has 0 aliphatic heterocycles. The molecule has 24 heavy (non-hydrogen) atoms. The van der Waals surface area contributed by atoms with Crippen molar-refractivity contribution in [1.82, 2.24) is 4.72 Å². The fourth-order valence-corrected chi connectivity index (χ4v) is 3.02. The van der Waals surface area contributed by atoms with Gasteiger partial charge in [0.25, 0.3) is 0 Å². The summed E-state index contributed by atoms with van der Waals surface area (Å²) < 4.78 is 38.7. The Morgan fingerprint density at radius 2 is 1.71 bits per heavy atom. The highest BCUT2D eigenvalue weighted by atomic mass is 32.2. The first-order valence-electron chi connectivity index (χ1n) is 7.30. The molecule has 0 aliphatic carbocycles. The summed E-state index contributed by atoms with van der Waals surface area (Å²) in [7, 11) is -1.91. The van der Waals surface area contributed by atoms with E-state index in [9.17, 15) is 17.6 Å². The quantitative estimate of drug-likeness (QED) is 0.870. The van der Waals surface area contributed by atoms with Crippen LogP contribution in [0.25, 0.3) is 0 Å². The van der Waals surface area contributed by atoms with Crippen molar-refractivity contribution in [2.24, 2.45) is 0 Å². The number of hydrogen-bond acceptors (Lipinski definition) is 3. The summed E-state index contributed by atoms with van der Waals surface area (Å²) in [5.41, 5.74) is 1.23. The molecule has 0 aromatic heterocycles. The van der Waals surface area contributed by atoms with Crippen LogP contribution in [-0.2, 0) is 14.8 Å². The van der Waals surface area contributed by atoms with Crippen LogP contribution in [-0.4, -0.2) is 27.6 Å². The lowest BCUT2D eigenvalue weighted by molar-refractivity contribution is -0.118. The average molecular weight is 350 g/mol. The molecular formula is C17H19FN2O3S. The van der Waals surface area contributed by atoms with Crippen molar-refractivity contribution in [3.63, 3.8) is 0 Å². The van der Waals surface area contributed by atoms with Gasteiger partial charge in [-0.05, 0) is 29.8 Å². The molecule has 0 aliphatic rings. The lowest BCUT2D eigenvalue weighted by Gasteiger charge is -2.22. The van der Waals surface area contributed by atoms with Crippen LogP contribution in [0.3, 0.4) is 0 Å². The molecule has 0 bridgehead atoms. The first kappa shape index (κ1) is 18.1. The highest BCUT2D eigenvalue weighted by Crippen LogP contribution is 2.21. The van der Waals surface area contributed by atoms with Gasteiger partial charge in [-0.2, -0.15) is 0 Å². The van der Waals surface area contributed by atoms with Crippen LogP contribution >= 0.6 is 0 Å². The SMILES string of the molecule is CN(C(=O)CC(NS(C)(=O)=O)c1ccc(F)cc1)c1ccccc1. The molecule has 1 atom stereocenters. The van der Waals surface area contributed by atoms with Gasteiger partial charge in [0.05, 0.1) is 12.3 Å². The van der Waals surface area contributed by atoms with E-state index in [1.165, 1.54) is 29.2 Å². The van der Waals surface area contributed by atoms with Crippen molar-refractivity contribution in [3.05, 3.63) is 66.0 Å². The summed E-state index contributed by atoms with van der Waals surface area (Å²) in [6.07, 6.45) is 0.943. The zero-order valence-corrected chi connectivity index (χ0v) is 14.3. The van der Waals surface area contributed by atoms with E-state index in [0.717, 1.165) is 6.26 Å². The van der Waals surface area contributed by atoms with Crippen LogP contribution in [0.4, 0.5) is 10.1 Å². The fourth-order valence-electron chi connectivity index (χ4n) is 2.29. The Kier molecular flexibility index (Phi) is 5.69. The molecule has 128 valence electrons. The third-order valence-corrected chi connectivity index (χ3v) is 4.24. The largest absolute Gasteiger partial charge is 0.315 e. The van der Waals surface area contributed by atoms with Gasteiger partial charge >= 0.3 is 0 Å². The Morgan fingerprint density at radius 3 is 2.25 bits per heavy atom. The third-order valence-electron chi connectivity index (χ3n) is 3.53. The molecule has 0 fully saturated rings. The van der Waals surface area contributed by atoms with Crippen molar-refractivity contribution >= 4 is 21.6 Å². The fraction of sp³-hybridized carbons (Fsp3) is 0.235. The maximum absolute atomic E-state index is 13.1. The highest BCUT2D eigenvalue weighted by Gasteiger charge is 2.22. The number of para-hydroxylation sites is 1. The van der Waals surface area contributed by atoms with Gasteiger partial charge in [-0.1, -0.05) is 30.3 Å². The average Bonchev–Trinajstić information content (AvgIpc) is 2.53. The highest BCUT2D eigenvalue weighted by molar-refractivity contribution is 7.88. The topological polar surface area (TPSA) is 66.5 Å². The molecule has 1 amide bonds. The number of rotatable bonds is 6. The van der Waals surface area contributed by atoms with Crippen LogP contribution in [0.2, 0.25) is 0 Å². The second-order valence-corrected chi connectivity index (χ2v) is 7.27. The minimum Gasteiger partial charge on any atom is -0.315 e. The number of hydrogen-bond donors (Lipinski definition) is 1. The van der Waals surface area contributed by atoms with E-state index in [4.69, 9.17) is 0 Å². The van der Waals surface area contributed by atoms with Crippen LogP contribution in [0.1, 0.15) is 18.0 Å². The number of benzene rings is 2. The van der Waals surface area contributed by atoms with E-state index >= 15 is 0 Å². The van der Waals surface area contributed by atoms with Crippen LogP contribution in [0.5, 0.6) is 0 Å². The normalized spacial score (nSPS) is 12.6. The third kappa shape index (κ3) is 5.14. The van der Waals surface area contributed by atoms with Crippen LogP contribution < -0.4 is 9.62 Å². The zero-order valence-electron chi connectivity index (χ0n) is 13.4. The van der Waals surface area contributed by atoms with Gasteiger partial charge in [-0.15, -0.1) is 0 Å². The number of carbonyl (C=O) groups excluding carboxylic acids is 1. The predicted octanol–water partition coefficient (Wildman–Crippen LogP) is 2.47. The number of anilines is 1. The van der Waals surface area contributed by atoms with Gasteiger partial charge in [0.2, 0.25) is 15.9 Å². The number of halogens is 1. The van der Waals surface area contributed by atoms with Gasteiger partial charge in [0.1, 0.15) is 5.82 Å². The van der Waals surface area contributed by atoms with E-state index in [0.29, 0.717) is 11.3 Å². The van der Waals surface area contributed by atoms with E-state index in [1.807, 2.05) is 18.2 Å². The molecule has 2 aromatic carbocycles. The second-order valence-electron chi connectivity index (χ2n) is 5.49. The molecule has 2 rings (SSSR count). The van der Waals surface area contributed by atoms with Gasteiger partial charge < -0.3 is 4.90 Å². The molecule has 5 nitrogen and oxygen atoms in total. The van der Waals surface area contributed by atoms with E-state index in [1.54, 1.807) is 19.2 Å². The molecular weight excluding hydrogens is 331 g/mol. The number of nitrogens with one attached hydrogen (secondary N) is 1. The van der Waals surface area contributed by atoms with E-state index in [-0.39, 0.29) is 12.3 Å². The summed E-state index contributed by atoms with van der Waals surface area (Å²) in [6.45, 7) is 0. The van der Waals surface area contributed by atoms with Crippen molar-refractivity contribution in [3.8, 4) is 0 Å². The molecule has 0 saturated heterocycles. The maximum Gasteiger partial charge on any atom is 0.228 e. The van der Waals surface area contributed by atoms with Gasteiger partial charge in [-0.3, -0.25) is 4.79 Å². The van der Waals surface area contributed by atoms with E-state index < -0.39 is 21.9 Å². The van der Waals surface area contributed by atoms with Crippen molar-refractivity contribution in [1.29, 1.82) is 0 Å². The van der Waals surface area contributed by atoms with Gasteiger partial charge in [-0.25, -0.2) is 17.5 Å². The summed E-state index contributed by atoms with van der Waals surface area (Å²) in [4.78, 5) is 14.0. The minimum atomic E-state index is -3.53. The monoisotopic (exact) mass is 350 g/mol. The Morgan fingerprint density at radius 1 is 1.12 bits per heavy atom. The molecule has 7 heteroatoms. The first-order chi connectivity index (χ1) is 11.3.